The molecule has 2 aromatic rings. The second-order valence-corrected chi connectivity index (χ2v) is 5.00. The topological polar surface area (TPSA) is 52.9 Å². The van der Waals surface area contributed by atoms with Crippen LogP contribution >= 0.6 is 34.5 Å². The van der Waals surface area contributed by atoms with Crippen LogP contribution in [0.1, 0.15) is 5.56 Å². The maximum absolute atomic E-state index is 11.2. The van der Waals surface area contributed by atoms with Crippen LogP contribution in [0.5, 0.6) is 0 Å². The number of nitrogens with one attached hydrogen (secondary N) is 1. The van der Waals surface area contributed by atoms with Crippen LogP contribution < -0.4 is 5.32 Å². The van der Waals surface area contributed by atoms with E-state index in [0.717, 1.165) is 10.1 Å². The van der Waals surface area contributed by atoms with E-state index in [1.165, 1.54) is 11.3 Å². The maximum atomic E-state index is 11.2. The number of alkyl halides is 1. The van der Waals surface area contributed by atoms with E-state index in [4.69, 9.17) is 28.5 Å². The van der Waals surface area contributed by atoms with Crippen molar-refractivity contribution in [2.45, 2.75) is 0 Å². The van der Waals surface area contributed by atoms with Gasteiger partial charge in [-0.1, -0.05) is 17.7 Å². The minimum Gasteiger partial charge on any atom is -0.316 e. The van der Waals surface area contributed by atoms with Gasteiger partial charge in [-0.25, -0.2) is 0 Å². The third-order valence-electron chi connectivity index (χ3n) is 2.14. The number of nitriles is 1. The van der Waals surface area contributed by atoms with Gasteiger partial charge in [0.1, 0.15) is 17.0 Å². The van der Waals surface area contributed by atoms with Crippen molar-refractivity contribution in [3.63, 3.8) is 0 Å². The van der Waals surface area contributed by atoms with Gasteiger partial charge < -0.3 is 5.32 Å². The van der Waals surface area contributed by atoms with Gasteiger partial charge in [0.2, 0.25) is 5.91 Å². The molecule has 1 aromatic heterocycles. The molecule has 1 heterocycles. The number of carbonyl (C=O) groups excluding carboxylic acids is 1. The molecule has 1 aromatic carbocycles. The number of hydrogen-bond acceptors (Lipinski definition) is 3. The average molecular weight is 285 g/mol. The van der Waals surface area contributed by atoms with Crippen molar-refractivity contribution in [2.24, 2.45) is 0 Å². The minimum absolute atomic E-state index is 0.139. The molecule has 0 fully saturated rings. The molecule has 1 N–H and O–H groups in total. The molecule has 2 rings (SSSR count). The van der Waals surface area contributed by atoms with Gasteiger partial charge in [-0.2, -0.15) is 5.26 Å². The first-order chi connectivity index (χ1) is 8.15. The first-order valence-corrected chi connectivity index (χ1v) is 6.36. The number of fused-ring (bicyclic) bond motifs is 1. The molecular weight excluding hydrogens is 279 g/mol. The lowest BCUT2D eigenvalue weighted by atomic mass is 10.2. The van der Waals surface area contributed by atoms with E-state index >= 15 is 0 Å². The zero-order valence-electron chi connectivity index (χ0n) is 8.46. The lowest BCUT2D eigenvalue weighted by molar-refractivity contribution is -0.113. The highest BCUT2D eigenvalue weighted by Gasteiger charge is 2.13. The summed E-state index contributed by atoms with van der Waals surface area (Å²) in [5, 5.41) is 13.6. The fraction of sp³-hybridized carbons (Fsp3) is 0.0909. The molecule has 0 spiro atoms. The molecule has 0 unspecified atom stereocenters. The Kier molecular flexibility index (Phi) is 3.53. The van der Waals surface area contributed by atoms with Crippen molar-refractivity contribution >= 4 is 55.5 Å². The van der Waals surface area contributed by atoms with Crippen LogP contribution in [0.25, 0.3) is 10.1 Å². The van der Waals surface area contributed by atoms with E-state index in [1.807, 2.05) is 0 Å². The second-order valence-electron chi connectivity index (χ2n) is 3.24. The fourth-order valence-corrected chi connectivity index (χ4v) is 2.84. The Balaban J connectivity index is 2.56. The molecule has 1 amide bonds. The van der Waals surface area contributed by atoms with E-state index in [-0.39, 0.29) is 11.8 Å². The van der Waals surface area contributed by atoms with Gasteiger partial charge in [-0.3, -0.25) is 4.79 Å². The number of nitrogens with zero attached hydrogens (tertiary/aromatic N) is 1. The van der Waals surface area contributed by atoms with Crippen molar-refractivity contribution in [2.75, 3.05) is 11.2 Å². The predicted octanol–water partition coefficient (Wildman–Crippen LogP) is 3.60. The normalized spacial score (nSPS) is 10.2. The van der Waals surface area contributed by atoms with Gasteiger partial charge in [0.15, 0.2) is 0 Å². The molecule has 6 heteroatoms. The van der Waals surface area contributed by atoms with Gasteiger partial charge >= 0.3 is 0 Å². The molecule has 17 heavy (non-hydrogen) atoms. The maximum Gasteiger partial charge on any atom is 0.239 e. The summed E-state index contributed by atoms with van der Waals surface area (Å²) in [6.07, 6.45) is 0. The zero-order chi connectivity index (χ0) is 12.4. The van der Waals surface area contributed by atoms with Crippen LogP contribution in [0.3, 0.4) is 0 Å². The SMILES string of the molecule is N#Cc1c(NC(=O)CCl)sc2cc(Cl)ccc12. The third-order valence-corrected chi connectivity index (χ3v) is 3.68. The molecule has 0 bridgehead atoms. The Morgan fingerprint density at radius 1 is 1.53 bits per heavy atom. The highest BCUT2D eigenvalue weighted by atomic mass is 35.5. The summed E-state index contributed by atoms with van der Waals surface area (Å²) in [6, 6.07) is 7.32. The first-order valence-electron chi connectivity index (χ1n) is 4.63. The molecule has 0 aliphatic rings. The minimum atomic E-state index is -0.333. The summed E-state index contributed by atoms with van der Waals surface area (Å²) in [6.45, 7) is 0. The van der Waals surface area contributed by atoms with E-state index in [0.29, 0.717) is 15.6 Å². The van der Waals surface area contributed by atoms with Gasteiger partial charge in [-0.05, 0) is 12.1 Å². The quantitative estimate of drug-likeness (QED) is 0.857. The molecule has 0 atom stereocenters. The van der Waals surface area contributed by atoms with Crippen molar-refractivity contribution in [3.8, 4) is 6.07 Å². The number of hydrogen-bond donors (Lipinski definition) is 1. The third kappa shape index (κ3) is 2.37. The fourth-order valence-electron chi connectivity index (χ4n) is 1.43. The summed E-state index contributed by atoms with van der Waals surface area (Å²) in [5.41, 5.74) is 0.445. The van der Waals surface area contributed by atoms with E-state index < -0.39 is 0 Å². The predicted molar refractivity (Wildman–Crippen MR) is 70.9 cm³/mol. The molecule has 0 aliphatic heterocycles. The monoisotopic (exact) mass is 284 g/mol. The van der Waals surface area contributed by atoms with Crippen LogP contribution in [0, 0.1) is 11.3 Å². The number of amides is 1. The molecule has 0 aliphatic carbocycles. The van der Waals surface area contributed by atoms with E-state index in [2.05, 4.69) is 11.4 Å². The number of anilines is 1. The number of halogens is 2. The number of thiophene rings is 1. The highest BCUT2D eigenvalue weighted by Crippen LogP contribution is 2.36. The molecule has 86 valence electrons. The van der Waals surface area contributed by atoms with E-state index in [9.17, 15) is 4.79 Å². The Morgan fingerprint density at radius 2 is 2.29 bits per heavy atom. The van der Waals surface area contributed by atoms with Crippen molar-refractivity contribution in [3.05, 3.63) is 28.8 Å². The number of carbonyl (C=O) groups is 1. The first kappa shape index (κ1) is 12.2. The Bertz CT molecular complexity index is 630. The van der Waals surface area contributed by atoms with Crippen LogP contribution in [0.2, 0.25) is 5.02 Å². The second kappa shape index (κ2) is 4.92. The lowest BCUT2D eigenvalue weighted by Crippen LogP contribution is -2.12. The van der Waals surface area contributed by atoms with Crippen molar-refractivity contribution < 1.29 is 4.79 Å². The van der Waals surface area contributed by atoms with Crippen molar-refractivity contribution in [1.82, 2.24) is 0 Å². The molecule has 0 saturated heterocycles. The Morgan fingerprint density at radius 3 is 2.94 bits per heavy atom. The molecule has 0 radical (unpaired) electrons. The van der Waals surface area contributed by atoms with Crippen LogP contribution in [-0.4, -0.2) is 11.8 Å². The van der Waals surface area contributed by atoms with Gasteiger partial charge in [0, 0.05) is 15.1 Å². The van der Waals surface area contributed by atoms with Crippen LogP contribution in [0.15, 0.2) is 18.2 Å². The van der Waals surface area contributed by atoms with Crippen molar-refractivity contribution in [1.29, 1.82) is 5.26 Å². The Labute approximate surface area is 112 Å². The summed E-state index contributed by atoms with van der Waals surface area (Å²) in [4.78, 5) is 11.2. The highest BCUT2D eigenvalue weighted by molar-refractivity contribution is 7.23. The molecule has 0 saturated carbocycles. The largest absolute Gasteiger partial charge is 0.316 e. The Hall–Kier alpha value is -1.28. The van der Waals surface area contributed by atoms with Crippen LogP contribution in [0.4, 0.5) is 5.00 Å². The molecular formula is C11H6Cl2N2OS. The van der Waals surface area contributed by atoms with Crippen LogP contribution in [-0.2, 0) is 4.79 Å². The summed E-state index contributed by atoms with van der Waals surface area (Å²) >= 11 is 12.6. The smallest absolute Gasteiger partial charge is 0.239 e. The standard InChI is InChI=1S/C11H6Cl2N2OS/c12-4-10(16)15-11-8(5-14)7-2-1-6(13)3-9(7)17-11/h1-3H,4H2,(H,15,16). The average Bonchev–Trinajstić information content (AvgIpc) is 2.64. The van der Waals surface area contributed by atoms with Gasteiger partial charge in [0.25, 0.3) is 0 Å². The summed E-state index contributed by atoms with van der Waals surface area (Å²) < 4.78 is 0.860. The summed E-state index contributed by atoms with van der Waals surface area (Å²) in [7, 11) is 0. The number of benzene rings is 1. The lowest BCUT2D eigenvalue weighted by Gasteiger charge is -1.98. The van der Waals surface area contributed by atoms with Gasteiger partial charge in [0.05, 0.1) is 5.56 Å². The number of rotatable bonds is 2. The zero-order valence-corrected chi connectivity index (χ0v) is 10.8. The van der Waals surface area contributed by atoms with Gasteiger partial charge in [-0.15, -0.1) is 22.9 Å². The molecule has 3 nitrogen and oxygen atoms in total. The summed E-state index contributed by atoms with van der Waals surface area (Å²) in [5.74, 6) is -0.472. The van der Waals surface area contributed by atoms with E-state index in [1.54, 1.807) is 18.2 Å².